The molecule has 0 aromatic heterocycles. The van der Waals surface area contributed by atoms with Crippen LogP contribution in [0.1, 0.15) is 49.9 Å². The van der Waals surface area contributed by atoms with Crippen molar-refractivity contribution in [2.75, 3.05) is 6.26 Å². The zero-order valence-corrected chi connectivity index (χ0v) is 19.0. The maximum atomic E-state index is 12.5. The summed E-state index contributed by atoms with van der Waals surface area (Å²) in [6, 6.07) is 0. The lowest BCUT2D eigenvalue weighted by Gasteiger charge is -2.26. The Hall–Kier alpha value is -0.200. The average Bonchev–Trinajstić information content (AvgIpc) is 2.58. The Morgan fingerprint density at radius 3 is 1.69 bits per heavy atom. The van der Waals surface area contributed by atoms with E-state index >= 15 is 0 Å². The third-order valence-electron chi connectivity index (χ3n) is 4.17. The van der Waals surface area contributed by atoms with E-state index in [1.807, 2.05) is 27.0 Å². The summed E-state index contributed by atoms with van der Waals surface area (Å²) in [5, 5.41) is 0. The molecule has 0 saturated carbocycles. The van der Waals surface area contributed by atoms with Crippen LogP contribution < -0.4 is 4.52 Å². The fraction of sp³-hybridized carbons (Fsp3) is 0.562. The fourth-order valence-corrected chi connectivity index (χ4v) is 6.16. The number of hydrogen-bond donors (Lipinski definition) is 3. The van der Waals surface area contributed by atoms with Gasteiger partial charge in [0.2, 0.25) is 4.35 Å². The van der Waals surface area contributed by atoms with E-state index in [9.17, 15) is 23.8 Å². The molecule has 0 spiro atoms. The monoisotopic (exact) mass is 440 g/mol. The van der Waals surface area contributed by atoms with Gasteiger partial charge in [0.15, 0.2) is 0 Å². The molecule has 0 aliphatic heterocycles. The van der Waals surface area contributed by atoms with Crippen LogP contribution in [0.3, 0.4) is 0 Å². The minimum absolute atomic E-state index is 0.215. The van der Waals surface area contributed by atoms with Crippen LogP contribution in [0.4, 0.5) is 0 Å². The molecular formula is C16H26O6P2S2. The summed E-state index contributed by atoms with van der Waals surface area (Å²) < 4.78 is 28.0. The largest absolute Gasteiger partial charge is 0.427 e. The highest BCUT2D eigenvalue weighted by Gasteiger charge is 2.42. The van der Waals surface area contributed by atoms with Gasteiger partial charge >= 0.3 is 15.2 Å². The number of thioether (sulfide) groups is 1. The first-order chi connectivity index (χ1) is 12.0. The van der Waals surface area contributed by atoms with Crippen molar-refractivity contribution < 1.29 is 28.3 Å². The minimum Gasteiger partial charge on any atom is -0.419 e. The Kier molecular flexibility index (Phi) is 8.56. The predicted molar refractivity (Wildman–Crippen MR) is 111 cm³/mol. The maximum absolute atomic E-state index is 12.5. The minimum atomic E-state index is -5.03. The quantitative estimate of drug-likeness (QED) is 0.289. The van der Waals surface area contributed by atoms with Crippen molar-refractivity contribution in [3.63, 3.8) is 0 Å². The summed E-state index contributed by atoms with van der Waals surface area (Å²) in [4.78, 5) is 29.3. The lowest BCUT2D eigenvalue weighted by atomic mass is 9.89. The highest BCUT2D eigenvalue weighted by molar-refractivity contribution is 8.16. The van der Waals surface area contributed by atoms with E-state index in [1.54, 1.807) is 0 Å². The van der Waals surface area contributed by atoms with E-state index in [0.29, 0.717) is 12.8 Å². The Labute approximate surface area is 164 Å². The first-order valence-electron chi connectivity index (χ1n) is 8.36. The molecule has 1 atom stereocenters. The summed E-state index contributed by atoms with van der Waals surface area (Å²) in [6.45, 7) is 7.99. The molecule has 0 aliphatic carbocycles. The lowest BCUT2D eigenvalue weighted by Crippen LogP contribution is -2.11. The number of thiocarbonyl (C=S) groups is 1. The van der Waals surface area contributed by atoms with Crippen molar-refractivity contribution in [2.45, 2.75) is 58.3 Å². The molecule has 3 N–H and O–H groups in total. The smallest absolute Gasteiger partial charge is 0.419 e. The van der Waals surface area contributed by atoms with E-state index in [4.69, 9.17) is 4.52 Å². The molecule has 1 aromatic rings. The van der Waals surface area contributed by atoms with Gasteiger partial charge in [-0.3, -0.25) is 4.57 Å². The van der Waals surface area contributed by atoms with Gasteiger partial charge in [0.25, 0.3) is 0 Å². The molecule has 148 valence electrons. The SMILES string of the molecule is CCc1c(CC)c(CC)c(SC)c(OP(=O)(O)C(=S)P(=O)(O)O)c1CC. The van der Waals surface area contributed by atoms with E-state index < -0.39 is 19.5 Å². The van der Waals surface area contributed by atoms with Gasteiger partial charge in [-0.15, -0.1) is 11.8 Å². The summed E-state index contributed by atoms with van der Waals surface area (Å²) in [6.07, 6.45) is 4.67. The first kappa shape index (κ1) is 23.8. The molecule has 1 rings (SSSR count). The fourth-order valence-electron chi connectivity index (χ4n) is 3.15. The van der Waals surface area contributed by atoms with Crippen LogP contribution in [0.15, 0.2) is 4.90 Å². The van der Waals surface area contributed by atoms with Crippen LogP contribution in [-0.4, -0.2) is 25.3 Å². The summed E-state index contributed by atoms with van der Waals surface area (Å²) in [5.74, 6) is 0.215. The van der Waals surface area contributed by atoms with Crippen LogP contribution in [-0.2, 0) is 34.8 Å². The standard InChI is InChI=1S/C16H26O6P2S2/c1-6-10-11(7-2)13(9-4)15(26-5)14(12(10)8-3)22-24(20,21)16(25)23(17,18)19/h6-9H2,1-5H3,(H,20,21)(H2,17,18,19). The second-order valence-corrected chi connectivity index (χ2v) is 11.0. The molecule has 6 nitrogen and oxygen atoms in total. The van der Waals surface area contributed by atoms with Crippen molar-refractivity contribution in [3.05, 3.63) is 22.3 Å². The maximum Gasteiger partial charge on any atom is 0.427 e. The van der Waals surface area contributed by atoms with Gasteiger partial charge in [0.1, 0.15) is 5.75 Å². The van der Waals surface area contributed by atoms with E-state index in [-0.39, 0.29) is 5.75 Å². The average molecular weight is 440 g/mol. The molecule has 0 bridgehead atoms. The van der Waals surface area contributed by atoms with Gasteiger partial charge in [-0.1, -0.05) is 39.9 Å². The molecule has 0 radical (unpaired) electrons. The third kappa shape index (κ3) is 4.79. The highest BCUT2D eigenvalue weighted by atomic mass is 32.2. The predicted octanol–water partition coefficient (Wildman–Crippen LogP) is 4.68. The molecule has 1 aromatic carbocycles. The normalized spacial score (nSPS) is 14.2. The summed E-state index contributed by atoms with van der Waals surface area (Å²) in [5.41, 5.74) is 4.08. The molecule has 10 heteroatoms. The second kappa shape index (κ2) is 9.33. The zero-order valence-electron chi connectivity index (χ0n) is 15.6. The second-order valence-electron chi connectivity index (χ2n) is 5.63. The molecule has 0 heterocycles. The zero-order chi connectivity index (χ0) is 20.3. The Morgan fingerprint density at radius 1 is 0.923 bits per heavy atom. The van der Waals surface area contributed by atoms with Gasteiger partial charge in [-0.05, 0) is 54.2 Å². The van der Waals surface area contributed by atoms with Gasteiger partial charge in [0.05, 0.1) is 4.90 Å². The van der Waals surface area contributed by atoms with Crippen molar-refractivity contribution in [3.8, 4) is 5.75 Å². The Morgan fingerprint density at radius 2 is 1.35 bits per heavy atom. The van der Waals surface area contributed by atoms with Crippen molar-refractivity contribution in [2.24, 2.45) is 0 Å². The number of benzene rings is 1. The number of rotatable bonds is 9. The van der Waals surface area contributed by atoms with Crippen LogP contribution in [0, 0.1) is 0 Å². The van der Waals surface area contributed by atoms with Crippen LogP contribution in [0.25, 0.3) is 0 Å². The van der Waals surface area contributed by atoms with Gasteiger partial charge in [0, 0.05) is 0 Å². The van der Waals surface area contributed by atoms with Crippen molar-refractivity contribution >= 4 is 43.5 Å². The van der Waals surface area contributed by atoms with Gasteiger partial charge in [-0.25, -0.2) is 4.57 Å². The Bertz CT molecular complexity index is 754. The van der Waals surface area contributed by atoms with E-state index in [2.05, 4.69) is 19.1 Å². The first-order valence-corrected chi connectivity index (χ1v) is 13.2. The van der Waals surface area contributed by atoms with Gasteiger partial charge in [-0.2, -0.15) is 0 Å². The molecular weight excluding hydrogens is 414 g/mol. The molecule has 26 heavy (non-hydrogen) atoms. The lowest BCUT2D eigenvalue weighted by molar-refractivity contribution is 0.382. The van der Waals surface area contributed by atoms with E-state index in [1.165, 1.54) is 17.3 Å². The molecule has 0 saturated heterocycles. The summed E-state index contributed by atoms with van der Waals surface area (Å²) >= 11 is 5.94. The van der Waals surface area contributed by atoms with Crippen LogP contribution in [0.5, 0.6) is 5.75 Å². The molecule has 0 aliphatic rings. The molecule has 0 amide bonds. The van der Waals surface area contributed by atoms with E-state index in [0.717, 1.165) is 34.4 Å². The number of hydrogen-bond acceptors (Lipinski definition) is 5. The highest BCUT2D eigenvalue weighted by Crippen LogP contribution is 2.59. The third-order valence-corrected chi connectivity index (χ3v) is 9.37. The van der Waals surface area contributed by atoms with Crippen LogP contribution >= 0.6 is 39.2 Å². The van der Waals surface area contributed by atoms with Gasteiger partial charge < -0.3 is 19.2 Å². The van der Waals surface area contributed by atoms with Crippen LogP contribution in [0.2, 0.25) is 0 Å². The van der Waals surface area contributed by atoms with Crippen molar-refractivity contribution in [1.29, 1.82) is 0 Å². The molecule has 0 fully saturated rings. The van der Waals surface area contributed by atoms with Crippen molar-refractivity contribution in [1.82, 2.24) is 0 Å². The topological polar surface area (TPSA) is 104 Å². The molecule has 1 unspecified atom stereocenters. The summed E-state index contributed by atoms with van der Waals surface area (Å²) in [7, 11) is -9.87. The Balaban J connectivity index is 3.77.